The van der Waals surface area contributed by atoms with Crippen molar-refractivity contribution < 1.29 is 9.53 Å². The standard InChI is InChI=1S/C19H16N2O2S/c1-12(22)16-17(13-8-4-3-5-9-13)21-14-10-6-7-11-15(14)24-19(21)20-18(16)23-2/h3-11,17H,1-2H3. The van der Waals surface area contributed by atoms with Crippen molar-refractivity contribution in [3.8, 4) is 0 Å². The van der Waals surface area contributed by atoms with Gasteiger partial charge in [0.2, 0.25) is 5.88 Å². The number of benzene rings is 2. The molecule has 0 bridgehead atoms. The first-order valence-electron chi connectivity index (χ1n) is 7.69. The van der Waals surface area contributed by atoms with Gasteiger partial charge in [0.15, 0.2) is 11.0 Å². The SMILES string of the molecule is COC1=C(C(C)=O)C(c2ccccc2)N2C(=N1)Sc1ccccc12. The van der Waals surface area contributed by atoms with Gasteiger partial charge in [-0.15, -0.1) is 0 Å². The van der Waals surface area contributed by atoms with Crippen molar-refractivity contribution in [2.75, 3.05) is 12.0 Å². The molecule has 0 saturated carbocycles. The highest BCUT2D eigenvalue weighted by molar-refractivity contribution is 8.14. The van der Waals surface area contributed by atoms with Crippen LogP contribution in [-0.2, 0) is 9.53 Å². The molecule has 0 N–H and O–H groups in total. The number of para-hydroxylation sites is 1. The number of Topliss-reactive ketones (excluding diaryl/α,β-unsaturated/α-hetero) is 1. The normalized spacial score (nSPS) is 18.8. The first kappa shape index (κ1) is 15.0. The lowest BCUT2D eigenvalue weighted by Gasteiger charge is -2.34. The van der Waals surface area contributed by atoms with Crippen molar-refractivity contribution in [1.82, 2.24) is 0 Å². The molecule has 0 aromatic heterocycles. The molecule has 2 aromatic rings. The Balaban J connectivity index is 1.96. The number of ether oxygens (including phenoxy) is 1. The summed E-state index contributed by atoms with van der Waals surface area (Å²) in [6, 6.07) is 17.9. The van der Waals surface area contributed by atoms with Gasteiger partial charge in [0.05, 0.1) is 24.4 Å². The van der Waals surface area contributed by atoms with E-state index in [2.05, 4.69) is 22.0 Å². The molecular weight excluding hydrogens is 320 g/mol. The zero-order valence-corrected chi connectivity index (χ0v) is 14.2. The van der Waals surface area contributed by atoms with Crippen molar-refractivity contribution in [3.05, 3.63) is 71.6 Å². The average Bonchev–Trinajstić information content (AvgIpc) is 2.98. The highest BCUT2D eigenvalue weighted by Gasteiger charge is 2.41. The first-order chi connectivity index (χ1) is 11.7. The Hall–Kier alpha value is -2.53. The molecule has 5 heteroatoms. The van der Waals surface area contributed by atoms with Crippen molar-refractivity contribution in [2.24, 2.45) is 4.99 Å². The van der Waals surface area contributed by atoms with Gasteiger partial charge in [-0.25, -0.2) is 0 Å². The molecule has 0 spiro atoms. The van der Waals surface area contributed by atoms with Crippen LogP contribution in [0.1, 0.15) is 18.5 Å². The van der Waals surface area contributed by atoms with Gasteiger partial charge >= 0.3 is 0 Å². The van der Waals surface area contributed by atoms with E-state index in [4.69, 9.17) is 4.74 Å². The lowest BCUT2D eigenvalue weighted by Crippen LogP contribution is -2.37. The largest absolute Gasteiger partial charge is 0.481 e. The molecular formula is C19H16N2O2S. The third-order valence-corrected chi connectivity index (χ3v) is 5.21. The lowest BCUT2D eigenvalue weighted by atomic mass is 9.93. The fourth-order valence-electron chi connectivity index (χ4n) is 3.16. The minimum atomic E-state index is -0.234. The Morgan fingerprint density at radius 3 is 2.54 bits per heavy atom. The van der Waals surface area contributed by atoms with E-state index < -0.39 is 0 Å². The monoisotopic (exact) mass is 336 g/mol. The van der Waals surface area contributed by atoms with Crippen LogP contribution in [0, 0.1) is 0 Å². The minimum Gasteiger partial charge on any atom is -0.481 e. The summed E-state index contributed by atoms with van der Waals surface area (Å²) in [5, 5.41) is 0.840. The molecule has 24 heavy (non-hydrogen) atoms. The Bertz CT molecular complexity index is 874. The lowest BCUT2D eigenvalue weighted by molar-refractivity contribution is -0.114. The van der Waals surface area contributed by atoms with E-state index in [1.54, 1.807) is 25.8 Å². The summed E-state index contributed by atoms with van der Waals surface area (Å²) in [6.45, 7) is 1.57. The van der Waals surface area contributed by atoms with Crippen LogP contribution < -0.4 is 4.90 Å². The topological polar surface area (TPSA) is 41.9 Å². The summed E-state index contributed by atoms with van der Waals surface area (Å²) in [6.07, 6.45) is 0. The number of amidine groups is 1. The van der Waals surface area contributed by atoms with Crippen molar-refractivity contribution in [1.29, 1.82) is 0 Å². The molecule has 2 aliphatic rings. The minimum absolute atomic E-state index is 0.0297. The maximum Gasteiger partial charge on any atom is 0.224 e. The van der Waals surface area contributed by atoms with Crippen LogP contribution in [0.3, 0.4) is 0 Å². The molecule has 2 aromatic carbocycles. The number of carbonyl (C=O) groups excluding carboxylic acids is 1. The van der Waals surface area contributed by atoms with Crippen LogP contribution in [-0.4, -0.2) is 18.1 Å². The molecule has 4 nitrogen and oxygen atoms in total. The number of carbonyl (C=O) groups is 1. The highest BCUT2D eigenvalue weighted by Crippen LogP contribution is 2.49. The van der Waals surface area contributed by atoms with Gasteiger partial charge in [-0.1, -0.05) is 42.5 Å². The quantitative estimate of drug-likeness (QED) is 0.844. The van der Waals surface area contributed by atoms with E-state index in [1.165, 1.54) is 0 Å². The summed E-state index contributed by atoms with van der Waals surface area (Å²) in [4.78, 5) is 20.3. The number of hydrogen-bond acceptors (Lipinski definition) is 5. The van der Waals surface area contributed by atoms with Gasteiger partial charge in [0.25, 0.3) is 0 Å². The van der Waals surface area contributed by atoms with Crippen LogP contribution in [0.25, 0.3) is 0 Å². The van der Waals surface area contributed by atoms with E-state index >= 15 is 0 Å². The van der Waals surface area contributed by atoms with Crippen LogP contribution in [0.4, 0.5) is 5.69 Å². The Labute approximate surface area is 144 Å². The number of rotatable bonds is 3. The molecule has 4 rings (SSSR count). The first-order valence-corrected chi connectivity index (χ1v) is 8.51. The maximum atomic E-state index is 12.4. The summed E-state index contributed by atoms with van der Waals surface area (Å²) in [5.41, 5.74) is 2.70. The van der Waals surface area contributed by atoms with Crippen LogP contribution >= 0.6 is 11.8 Å². The Morgan fingerprint density at radius 1 is 1.12 bits per heavy atom. The number of thioether (sulfide) groups is 1. The van der Waals surface area contributed by atoms with Gasteiger partial charge in [0.1, 0.15) is 0 Å². The van der Waals surface area contributed by atoms with Crippen LogP contribution in [0.5, 0.6) is 0 Å². The number of anilines is 1. The Morgan fingerprint density at radius 2 is 1.83 bits per heavy atom. The average molecular weight is 336 g/mol. The van der Waals surface area contributed by atoms with Gasteiger partial charge in [-0.2, -0.15) is 4.99 Å². The molecule has 0 fully saturated rings. The maximum absolute atomic E-state index is 12.4. The molecule has 120 valence electrons. The molecule has 0 amide bonds. The second-order valence-corrected chi connectivity index (χ2v) is 6.64. The number of ketones is 1. The highest BCUT2D eigenvalue weighted by atomic mass is 32.2. The number of nitrogens with zero attached hydrogens (tertiary/aromatic N) is 2. The van der Waals surface area contributed by atoms with Gasteiger partial charge < -0.3 is 9.64 Å². The predicted molar refractivity (Wildman–Crippen MR) is 96.1 cm³/mol. The summed E-state index contributed by atoms with van der Waals surface area (Å²) in [7, 11) is 1.56. The predicted octanol–water partition coefficient (Wildman–Crippen LogP) is 4.16. The molecule has 2 heterocycles. The number of fused-ring (bicyclic) bond motifs is 3. The van der Waals surface area contributed by atoms with Gasteiger partial charge in [-0.3, -0.25) is 4.79 Å². The molecule has 0 aliphatic carbocycles. The molecule has 1 atom stereocenters. The molecule has 0 saturated heterocycles. The summed E-state index contributed by atoms with van der Waals surface area (Å²) < 4.78 is 5.46. The van der Waals surface area contributed by atoms with Crippen molar-refractivity contribution >= 4 is 28.4 Å². The van der Waals surface area contributed by atoms with E-state index in [0.29, 0.717) is 11.5 Å². The smallest absolute Gasteiger partial charge is 0.224 e. The second-order valence-electron chi connectivity index (χ2n) is 5.63. The van der Waals surface area contributed by atoms with E-state index in [9.17, 15) is 4.79 Å². The van der Waals surface area contributed by atoms with E-state index in [1.807, 2.05) is 42.5 Å². The number of hydrogen-bond donors (Lipinski definition) is 0. The fourth-order valence-corrected chi connectivity index (χ4v) is 4.21. The summed E-state index contributed by atoms with van der Waals surface area (Å²) >= 11 is 1.60. The zero-order valence-electron chi connectivity index (χ0n) is 13.4. The Kier molecular flexibility index (Phi) is 3.65. The third-order valence-electron chi connectivity index (χ3n) is 4.18. The van der Waals surface area contributed by atoms with Gasteiger partial charge in [0, 0.05) is 4.90 Å². The molecule has 1 unspecified atom stereocenters. The van der Waals surface area contributed by atoms with E-state index in [0.717, 1.165) is 21.3 Å². The number of methoxy groups -OCH3 is 1. The molecule has 0 radical (unpaired) electrons. The second kappa shape index (κ2) is 5.83. The fraction of sp³-hybridized carbons (Fsp3) is 0.158. The van der Waals surface area contributed by atoms with E-state index in [-0.39, 0.29) is 11.8 Å². The van der Waals surface area contributed by atoms with Crippen molar-refractivity contribution in [2.45, 2.75) is 17.9 Å². The van der Waals surface area contributed by atoms with Crippen LogP contribution in [0.2, 0.25) is 0 Å². The van der Waals surface area contributed by atoms with Gasteiger partial charge in [-0.05, 0) is 36.4 Å². The zero-order chi connectivity index (χ0) is 16.7. The summed E-state index contributed by atoms with van der Waals surface area (Å²) in [5.74, 6) is 0.376. The van der Waals surface area contributed by atoms with Crippen molar-refractivity contribution in [3.63, 3.8) is 0 Å². The molecule has 2 aliphatic heterocycles. The van der Waals surface area contributed by atoms with Crippen LogP contribution in [0.15, 0.2) is 75.9 Å². The third kappa shape index (κ3) is 2.24. The number of aliphatic imine (C=N–C) groups is 1.